The van der Waals surface area contributed by atoms with Gasteiger partial charge in [0, 0.05) is 10.8 Å². The van der Waals surface area contributed by atoms with Gasteiger partial charge in [-0.1, -0.05) is 40.9 Å². The van der Waals surface area contributed by atoms with Gasteiger partial charge in [0.2, 0.25) is 0 Å². The number of aliphatic hydroxyl groups is 3. The van der Waals surface area contributed by atoms with E-state index in [4.69, 9.17) is 4.74 Å². The lowest BCUT2D eigenvalue weighted by Gasteiger charge is -2.73. The predicted octanol–water partition coefficient (Wildman–Crippen LogP) is 6.11. The average Bonchev–Trinajstić information content (AvgIpc) is 3.26. The summed E-state index contributed by atoms with van der Waals surface area (Å²) in [6.07, 6.45) is 10.6. The van der Waals surface area contributed by atoms with Crippen LogP contribution >= 0.6 is 0 Å². The minimum Gasteiger partial charge on any atom is -0.501 e. The van der Waals surface area contributed by atoms with Crippen LogP contribution in [0.5, 0.6) is 0 Å². The van der Waals surface area contributed by atoms with Crippen molar-refractivity contribution in [3.8, 4) is 0 Å². The fourth-order valence-corrected chi connectivity index (χ4v) is 11.9. The van der Waals surface area contributed by atoms with Crippen LogP contribution in [-0.2, 0) is 4.74 Å². The van der Waals surface area contributed by atoms with Crippen LogP contribution in [0.15, 0.2) is 24.5 Å². The molecule has 5 aliphatic carbocycles. The Morgan fingerprint density at radius 1 is 0.833 bits per heavy atom. The molecule has 4 heteroatoms. The molecule has 0 aromatic rings. The summed E-state index contributed by atoms with van der Waals surface area (Å²) in [6.45, 7) is 18.8. The van der Waals surface area contributed by atoms with Gasteiger partial charge in [0.1, 0.15) is 0 Å². The van der Waals surface area contributed by atoms with Crippen LogP contribution in [0.1, 0.15) is 91.9 Å². The Morgan fingerprint density at radius 2 is 1.56 bits per heavy atom. The highest BCUT2D eigenvalue weighted by Crippen LogP contribution is 2.78. The van der Waals surface area contributed by atoms with Gasteiger partial charge in [-0.3, -0.25) is 0 Å². The molecule has 5 aliphatic rings. The summed E-state index contributed by atoms with van der Waals surface area (Å²) in [5.74, 6) is 3.24. The predicted molar refractivity (Wildman–Crippen MR) is 144 cm³/mol. The molecule has 5 fully saturated rings. The first-order chi connectivity index (χ1) is 16.9. The standard InChI is InChI=1S/C32H52O4/c1-20(18-33)22-10-15-32(21(2)36-7)17-16-30(5)23(27(22)32)8-9-25-28(3)13-12-26(35)29(4,19-34)24(28)11-14-31(25,30)6/h22-27,33-35H,1-2,8-19H2,3-7H3/t22-,23?,24+,25?,26-,27?,28-,29-,30+,31+,32+/m0/s1. The average molecular weight is 501 g/mol. The van der Waals surface area contributed by atoms with E-state index in [1.807, 2.05) is 0 Å². The van der Waals surface area contributed by atoms with Gasteiger partial charge in [0.25, 0.3) is 0 Å². The summed E-state index contributed by atoms with van der Waals surface area (Å²) in [5, 5.41) is 31.6. The van der Waals surface area contributed by atoms with E-state index in [9.17, 15) is 15.3 Å². The lowest BCUT2D eigenvalue weighted by atomic mass is 9.32. The second kappa shape index (κ2) is 8.58. The van der Waals surface area contributed by atoms with E-state index in [2.05, 4.69) is 40.9 Å². The molecule has 0 radical (unpaired) electrons. The molecular formula is C32H52O4. The molecule has 0 aliphatic heterocycles. The summed E-state index contributed by atoms with van der Waals surface area (Å²) in [4.78, 5) is 0. The van der Waals surface area contributed by atoms with Gasteiger partial charge >= 0.3 is 0 Å². The molecule has 0 saturated heterocycles. The second-order valence-electron chi connectivity index (χ2n) is 14.7. The molecule has 0 spiro atoms. The van der Waals surface area contributed by atoms with E-state index in [-0.39, 0.29) is 34.9 Å². The summed E-state index contributed by atoms with van der Waals surface area (Å²) < 4.78 is 5.90. The molecule has 0 amide bonds. The summed E-state index contributed by atoms with van der Waals surface area (Å²) in [6, 6.07) is 0. The third kappa shape index (κ3) is 3.10. The van der Waals surface area contributed by atoms with Crippen molar-refractivity contribution in [2.45, 2.75) is 98.0 Å². The molecule has 3 unspecified atom stereocenters. The zero-order chi connectivity index (χ0) is 26.3. The van der Waals surface area contributed by atoms with Gasteiger partial charge in [0.15, 0.2) is 0 Å². The smallest absolute Gasteiger partial charge is 0.0948 e. The van der Waals surface area contributed by atoms with Crippen molar-refractivity contribution < 1.29 is 20.1 Å². The summed E-state index contributed by atoms with van der Waals surface area (Å²) in [7, 11) is 1.78. The van der Waals surface area contributed by atoms with Crippen molar-refractivity contribution in [1.29, 1.82) is 0 Å². The van der Waals surface area contributed by atoms with Crippen LogP contribution in [0.3, 0.4) is 0 Å². The highest BCUT2D eigenvalue weighted by molar-refractivity contribution is 5.26. The van der Waals surface area contributed by atoms with Crippen molar-refractivity contribution in [3.05, 3.63) is 24.5 Å². The maximum atomic E-state index is 11.0. The van der Waals surface area contributed by atoms with E-state index in [0.29, 0.717) is 29.6 Å². The zero-order valence-electron chi connectivity index (χ0n) is 23.6. The second-order valence-corrected chi connectivity index (χ2v) is 14.7. The summed E-state index contributed by atoms with van der Waals surface area (Å²) in [5.41, 5.74) is 1.16. The number of fused-ring (bicyclic) bond motifs is 7. The van der Waals surface area contributed by atoms with Gasteiger partial charge in [-0.25, -0.2) is 0 Å². The number of hydrogen-bond donors (Lipinski definition) is 3. The molecule has 0 aromatic carbocycles. The van der Waals surface area contributed by atoms with Crippen LogP contribution in [0, 0.1) is 56.7 Å². The summed E-state index contributed by atoms with van der Waals surface area (Å²) >= 11 is 0. The maximum absolute atomic E-state index is 11.0. The topological polar surface area (TPSA) is 69.9 Å². The Labute approximate surface area is 219 Å². The van der Waals surface area contributed by atoms with E-state index >= 15 is 0 Å². The Kier molecular flexibility index (Phi) is 6.38. The molecule has 36 heavy (non-hydrogen) atoms. The monoisotopic (exact) mass is 500 g/mol. The molecule has 5 rings (SSSR count). The quantitative estimate of drug-likeness (QED) is 0.315. The first-order valence-electron chi connectivity index (χ1n) is 14.7. The minimum atomic E-state index is -0.407. The lowest BCUT2D eigenvalue weighted by Crippen LogP contribution is -2.67. The number of rotatable bonds is 5. The zero-order valence-corrected chi connectivity index (χ0v) is 23.6. The maximum Gasteiger partial charge on any atom is 0.0948 e. The largest absolute Gasteiger partial charge is 0.501 e. The number of hydrogen-bond acceptors (Lipinski definition) is 4. The van der Waals surface area contributed by atoms with Crippen molar-refractivity contribution in [3.63, 3.8) is 0 Å². The first-order valence-corrected chi connectivity index (χ1v) is 14.7. The van der Waals surface area contributed by atoms with E-state index in [0.717, 1.165) is 49.9 Å². The molecule has 11 atom stereocenters. The highest BCUT2D eigenvalue weighted by Gasteiger charge is 2.71. The molecule has 0 aromatic heterocycles. The van der Waals surface area contributed by atoms with Crippen LogP contribution in [-0.4, -0.2) is 41.7 Å². The highest BCUT2D eigenvalue weighted by atomic mass is 16.5. The van der Waals surface area contributed by atoms with Crippen LogP contribution < -0.4 is 0 Å². The Morgan fingerprint density at radius 3 is 2.19 bits per heavy atom. The number of aliphatic hydroxyl groups excluding tert-OH is 3. The molecule has 0 bridgehead atoms. The van der Waals surface area contributed by atoms with Crippen LogP contribution in [0.4, 0.5) is 0 Å². The molecule has 0 heterocycles. The number of allylic oxidation sites excluding steroid dienone is 1. The van der Waals surface area contributed by atoms with Gasteiger partial charge in [-0.2, -0.15) is 0 Å². The van der Waals surface area contributed by atoms with Gasteiger partial charge in [0.05, 0.1) is 32.2 Å². The molecular weight excluding hydrogens is 448 g/mol. The molecule has 5 saturated carbocycles. The van der Waals surface area contributed by atoms with E-state index in [1.165, 1.54) is 25.7 Å². The van der Waals surface area contributed by atoms with Crippen molar-refractivity contribution in [1.82, 2.24) is 0 Å². The third-order valence-electron chi connectivity index (χ3n) is 14.1. The van der Waals surface area contributed by atoms with Crippen molar-refractivity contribution in [2.24, 2.45) is 56.7 Å². The normalized spacial score (nSPS) is 54.0. The van der Waals surface area contributed by atoms with Crippen LogP contribution in [0.25, 0.3) is 0 Å². The molecule has 204 valence electrons. The Bertz CT molecular complexity index is 914. The molecule has 4 nitrogen and oxygen atoms in total. The Hall–Kier alpha value is -0.840. The van der Waals surface area contributed by atoms with E-state index in [1.54, 1.807) is 7.11 Å². The number of methoxy groups -OCH3 is 1. The molecule has 3 N–H and O–H groups in total. The SMILES string of the molecule is C=C(CO)[C@@H]1CC[C@]2(C(=C)OC)CC[C@]3(C)C(CCC4[C@@]5(C)CC[C@H](O)[C@@](C)(CO)[C@@H]5CC[C@]43C)C12. The minimum absolute atomic E-state index is 0.00356. The third-order valence-corrected chi connectivity index (χ3v) is 14.1. The van der Waals surface area contributed by atoms with Gasteiger partial charge in [-0.15, -0.1) is 0 Å². The van der Waals surface area contributed by atoms with E-state index < -0.39 is 11.5 Å². The first kappa shape index (κ1) is 26.8. The van der Waals surface area contributed by atoms with Gasteiger partial charge in [-0.05, 0) is 116 Å². The van der Waals surface area contributed by atoms with Gasteiger partial charge < -0.3 is 20.1 Å². The fraction of sp³-hybridized carbons (Fsp3) is 0.875. The van der Waals surface area contributed by atoms with Crippen molar-refractivity contribution >= 4 is 0 Å². The Balaban J connectivity index is 1.56. The van der Waals surface area contributed by atoms with Crippen LogP contribution in [0.2, 0.25) is 0 Å². The van der Waals surface area contributed by atoms with Crippen molar-refractivity contribution in [2.75, 3.05) is 20.3 Å². The fourth-order valence-electron chi connectivity index (χ4n) is 11.9. The number of ether oxygens (including phenoxy) is 1. The lowest BCUT2D eigenvalue weighted by molar-refractivity contribution is -0.253.